The summed E-state index contributed by atoms with van der Waals surface area (Å²) >= 11 is 0. The number of hydrogen-bond donors (Lipinski definition) is 1. The number of carboxylic acids is 1. The zero-order valence-corrected chi connectivity index (χ0v) is 9.23. The first-order chi connectivity index (χ1) is 7.72. The van der Waals surface area contributed by atoms with Crippen LogP contribution < -0.4 is 0 Å². The number of aryl methyl sites for hydroxylation is 1. The van der Waals surface area contributed by atoms with E-state index in [0.29, 0.717) is 31.2 Å². The summed E-state index contributed by atoms with van der Waals surface area (Å²) in [7, 11) is 0. The van der Waals surface area contributed by atoms with Gasteiger partial charge in [0.1, 0.15) is 0 Å². The van der Waals surface area contributed by atoms with Crippen LogP contribution in [-0.2, 0) is 11.2 Å². The summed E-state index contributed by atoms with van der Waals surface area (Å²) in [4.78, 5) is 15.2. The molecular weight excluding hydrogens is 210 g/mol. The maximum absolute atomic E-state index is 11.0. The van der Waals surface area contributed by atoms with Crippen molar-refractivity contribution in [3.8, 4) is 0 Å². The van der Waals surface area contributed by atoms with E-state index in [1.165, 1.54) is 0 Å². The van der Waals surface area contributed by atoms with Gasteiger partial charge in [-0.25, -0.2) is 9.78 Å². The fraction of sp³-hybridized carbons (Fsp3) is 0.636. The number of rotatable bonds is 4. The van der Waals surface area contributed by atoms with E-state index in [1.807, 2.05) is 6.92 Å². The summed E-state index contributed by atoms with van der Waals surface area (Å²) in [6, 6.07) is 0. The predicted molar refractivity (Wildman–Crippen MR) is 55.6 cm³/mol. The van der Waals surface area contributed by atoms with Crippen LogP contribution in [0.1, 0.15) is 47.8 Å². The maximum atomic E-state index is 11.0. The minimum absolute atomic E-state index is 0.0104. The van der Waals surface area contributed by atoms with Gasteiger partial charge < -0.3 is 14.3 Å². The first-order valence-electron chi connectivity index (χ1n) is 5.53. The molecule has 0 spiro atoms. The lowest BCUT2D eigenvalue weighted by Crippen LogP contribution is -1.99. The molecule has 1 aliphatic rings. The molecular formula is C11H15NO4. The molecule has 0 radical (unpaired) electrons. The quantitative estimate of drug-likeness (QED) is 0.846. The lowest BCUT2D eigenvalue weighted by atomic mass is 10.1. The molecule has 1 atom stereocenters. The van der Waals surface area contributed by atoms with Crippen molar-refractivity contribution in [1.82, 2.24) is 4.98 Å². The number of nitrogens with zero attached hydrogens (tertiary/aromatic N) is 1. The van der Waals surface area contributed by atoms with Crippen molar-refractivity contribution in [2.75, 3.05) is 13.2 Å². The van der Waals surface area contributed by atoms with Crippen molar-refractivity contribution in [1.29, 1.82) is 0 Å². The number of ether oxygens (including phenoxy) is 1. The molecule has 16 heavy (non-hydrogen) atoms. The summed E-state index contributed by atoms with van der Waals surface area (Å²) in [6.45, 7) is 3.25. The van der Waals surface area contributed by atoms with Crippen LogP contribution in [0.3, 0.4) is 0 Å². The minimum atomic E-state index is -1.04. The average molecular weight is 225 g/mol. The smallest absolute Gasteiger partial charge is 0.373 e. The molecule has 5 heteroatoms. The van der Waals surface area contributed by atoms with Crippen molar-refractivity contribution in [3.05, 3.63) is 17.3 Å². The van der Waals surface area contributed by atoms with Gasteiger partial charge in [-0.1, -0.05) is 13.3 Å². The summed E-state index contributed by atoms with van der Waals surface area (Å²) in [5.41, 5.74) is 0.553. The van der Waals surface area contributed by atoms with Crippen LogP contribution in [0, 0.1) is 0 Å². The summed E-state index contributed by atoms with van der Waals surface area (Å²) in [5.74, 6) is -0.424. The van der Waals surface area contributed by atoms with Gasteiger partial charge in [0.15, 0.2) is 0 Å². The Hall–Kier alpha value is -1.36. The zero-order chi connectivity index (χ0) is 11.5. The molecule has 5 nitrogen and oxygen atoms in total. The van der Waals surface area contributed by atoms with Gasteiger partial charge in [-0.3, -0.25) is 0 Å². The molecule has 1 unspecified atom stereocenters. The van der Waals surface area contributed by atoms with Crippen LogP contribution in [0.5, 0.6) is 0 Å². The number of aromatic carboxylic acids is 1. The van der Waals surface area contributed by atoms with E-state index in [9.17, 15) is 4.79 Å². The number of aromatic nitrogens is 1. The minimum Gasteiger partial charge on any atom is -0.475 e. The summed E-state index contributed by atoms with van der Waals surface area (Å²) < 4.78 is 10.6. The molecule has 0 amide bonds. The van der Waals surface area contributed by atoms with Crippen molar-refractivity contribution in [2.45, 2.75) is 32.1 Å². The molecule has 1 saturated heterocycles. The van der Waals surface area contributed by atoms with E-state index in [-0.39, 0.29) is 11.7 Å². The number of carbonyl (C=O) groups is 1. The Kier molecular flexibility index (Phi) is 3.24. The second-order valence-corrected chi connectivity index (χ2v) is 3.94. The standard InChI is InChI=1S/C11H15NO4/c1-2-3-8-9(11(13)14)16-10(12-8)7-4-5-15-6-7/h7H,2-6H2,1H3,(H,13,14). The Labute approximate surface area is 93.4 Å². The lowest BCUT2D eigenvalue weighted by Gasteiger charge is -1.99. The Morgan fingerprint density at radius 3 is 3.00 bits per heavy atom. The third-order valence-electron chi connectivity index (χ3n) is 2.67. The van der Waals surface area contributed by atoms with Crippen LogP contribution in [0.4, 0.5) is 0 Å². The topological polar surface area (TPSA) is 72.6 Å². The Morgan fingerprint density at radius 2 is 2.44 bits per heavy atom. The molecule has 2 heterocycles. The van der Waals surface area contributed by atoms with E-state index < -0.39 is 5.97 Å². The van der Waals surface area contributed by atoms with E-state index in [4.69, 9.17) is 14.3 Å². The molecule has 0 bridgehead atoms. The largest absolute Gasteiger partial charge is 0.475 e. The highest BCUT2D eigenvalue weighted by atomic mass is 16.5. The fourth-order valence-electron chi connectivity index (χ4n) is 1.85. The van der Waals surface area contributed by atoms with Crippen LogP contribution in [0.25, 0.3) is 0 Å². The Bertz CT molecular complexity index is 379. The van der Waals surface area contributed by atoms with E-state index >= 15 is 0 Å². The molecule has 88 valence electrons. The SMILES string of the molecule is CCCc1nc(C2CCOC2)oc1C(=O)O. The highest BCUT2D eigenvalue weighted by Gasteiger charge is 2.26. The van der Waals surface area contributed by atoms with Crippen molar-refractivity contribution >= 4 is 5.97 Å². The molecule has 1 N–H and O–H groups in total. The first kappa shape index (κ1) is 11.1. The first-order valence-corrected chi connectivity index (χ1v) is 5.53. The van der Waals surface area contributed by atoms with Crippen LogP contribution >= 0.6 is 0 Å². The molecule has 1 aromatic heterocycles. The van der Waals surface area contributed by atoms with Gasteiger partial charge in [0.05, 0.1) is 18.2 Å². The highest BCUT2D eigenvalue weighted by molar-refractivity contribution is 5.85. The van der Waals surface area contributed by atoms with E-state index in [0.717, 1.165) is 12.8 Å². The molecule has 0 aromatic carbocycles. The lowest BCUT2D eigenvalue weighted by molar-refractivity contribution is 0.0657. The van der Waals surface area contributed by atoms with Crippen LogP contribution in [-0.4, -0.2) is 29.3 Å². The van der Waals surface area contributed by atoms with Gasteiger partial charge >= 0.3 is 5.97 Å². The number of carboxylic acid groups (broad SMARTS) is 1. The second-order valence-electron chi connectivity index (χ2n) is 3.94. The zero-order valence-electron chi connectivity index (χ0n) is 9.23. The van der Waals surface area contributed by atoms with Crippen molar-refractivity contribution in [2.24, 2.45) is 0 Å². The average Bonchev–Trinajstić information content (AvgIpc) is 2.83. The van der Waals surface area contributed by atoms with Gasteiger partial charge in [-0.15, -0.1) is 0 Å². The molecule has 1 fully saturated rings. The molecule has 0 aliphatic carbocycles. The Balaban J connectivity index is 2.26. The monoisotopic (exact) mass is 225 g/mol. The number of oxazole rings is 1. The van der Waals surface area contributed by atoms with Gasteiger partial charge in [0.2, 0.25) is 11.7 Å². The van der Waals surface area contributed by atoms with Gasteiger partial charge in [-0.05, 0) is 12.8 Å². The molecule has 1 aliphatic heterocycles. The van der Waals surface area contributed by atoms with Crippen LogP contribution in [0.15, 0.2) is 4.42 Å². The summed E-state index contributed by atoms with van der Waals surface area (Å²) in [5, 5.41) is 8.98. The molecule has 0 saturated carbocycles. The highest BCUT2D eigenvalue weighted by Crippen LogP contribution is 2.26. The van der Waals surface area contributed by atoms with Crippen LogP contribution in [0.2, 0.25) is 0 Å². The van der Waals surface area contributed by atoms with Crippen molar-refractivity contribution < 1.29 is 19.1 Å². The fourth-order valence-corrected chi connectivity index (χ4v) is 1.85. The third kappa shape index (κ3) is 2.09. The second kappa shape index (κ2) is 4.65. The van der Waals surface area contributed by atoms with Crippen molar-refractivity contribution in [3.63, 3.8) is 0 Å². The molecule has 2 rings (SSSR count). The number of hydrogen-bond acceptors (Lipinski definition) is 4. The van der Waals surface area contributed by atoms with Gasteiger partial charge in [0.25, 0.3) is 0 Å². The maximum Gasteiger partial charge on any atom is 0.373 e. The van der Waals surface area contributed by atoms with E-state index in [1.54, 1.807) is 0 Å². The third-order valence-corrected chi connectivity index (χ3v) is 2.67. The molecule has 1 aromatic rings. The Morgan fingerprint density at radius 1 is 1.62 bits per heavy atom. The van der Waals surface area contributed by atoms with Gasteiger partial charge in [-0.2, -0.15) is 0 Å². The predicted octanol–water partition coefficient (Wildman–Crippen LogP) is 1.83. The summed E-state index contributed by atoms with van der Waals surface area (Å²) in [6.07, 6.45) is 2.34. The van der Waals surface area contributed by atoms with Gasteiger partial charge in [0, 0.05) is 6.61 Å². The van der Waals surface area contributed by atoms with E-state index in [2.05, 4.69) is 4.98 Å². The normalized spacial score (nSPS) is 20.2.